The summed E-state index contributed by atoms with van der Waals surface area (Å²) < 4.78 is 12.5. The molecule has 0 aromatic rings. The normalized spacial score (nSPS) is 16.8. The van der Waals surface area contributed by atoms with Crippen molar-refractivity contribution in [1.29, 1.82) is 0 Å². The van der Waals surface area contributed by atoms with Crippen LogP contribution in [0.15, 0.2) is 0 Å². The number of halogens is 1. The van der Waals surface area contributed by atoms with Crippen LogP contribution in [0.5, 0.6) is 0 Å². The summed E-state index contributed by atoms with van der Waals surface area (Å²) in [6.07, 6.45) is 5.98. The minimum absolute atomic E-state index is 0.163. The minimum atomic E-state index is -1.27. The quantitative estimate of drug-likeness (QED) is 0.572. The minimum Gasteiger partial charge on any atom is -0.370 e. The molecule has 1 rings (SSSR count). The van der Waals surface area contributed by atoms with E-state index in [-0.39, 0.29) is 13.0 Å². The van der Waals surface area contributed by atoms with Crippen LogP contribution < -0.4 is 16.9 Å². The lowest BCUT2D eigenvalue weighted by atomic mass is 9.85. The molecule has 0 heterocycles. The largest absolute Gasteiger partial charge is 0.370 e. The van der Waals surface area contributed by atoms with Crippen molar-refractivity contribution in [3.8, 4) is 0 Å². The predicted molar refractivity (Wildman–Crippen MR) is 78.8 cm³/mol. The second-order valence-electron chi connectivity index (χ2n) is 5.72. The Balaban J connectivity index is 2.49. The summed E-state index contributed by atoms with van der Waals surface area (Å²) in [7, 11) is 0. The van der Waals surface area contributed by atoms with E-state index in [0.717, 1.165) is 30.7 Å². The molecule has 3 amide bonds. The van der Waals surface area contributed by atoms with Crippen LogP contribution in [0.25, 0.3) is 0 Å². The van der Waals surface area contributed by atoms with Crippen molar-refractivity contribution in [2.45, 2.75) is 51.0 Å². The number of amides is 3. The molecule has 8 heteroatoms. The van der Waals surface area contributed by atoms with Crippen LogP contribution in [0.1, 0.15) is 44.9 Å². The highest BCUT2D eigenvalue weighted by molar-refractivity contribution is 5.86. The van der Waals surface area contributed by atoms with Crippen molar-refractivity contribution in [1.82, 2.24) is 10.4 Å². The Kier molecular flexibility index (Phi) is 7.79. The first-order valence-corrected chi connectivity index (χ1v) is 7.64. The third kappa shape index (κ3) is 6.38. The van der Waals surface area contributed by atoms with Crippen LogP contribution in [0.3, 0.4) is 0 Å². The molecular formula is C14H25FN4O3. The van der Waals surface area contributed by atoms with E-state index in [0.29, 0.717) is 12.3 Å². The van der Waals surface area contributed by atoms with Crippen LogP contribution in [0, 0.1) is 5.92 Å². The fraction of sp³-hybridized carbons (Fsp3) is 0.786. The van der Waals surface area contributed by atoms with E-state index in [1.165, 1.54) is 6.42 Å². The lowest BCUT2D eigenvalue weighted by molar-refractivity contribution is -0.143. The third-order valence-electron chi connectivity index (χ3n) is 3.89. The first-order chi connectivity index (χ1) is 10.4. The smallest absolute Gasteiger partial charge is 0.272 e. The van der Waals surface area contributed by atoms with Gasteiger partial charge in [0.1, 0.15) is 0 Å². The van der Waals surface area contributed by atoms with E-state index in [9.17, 15) is 18.8 Å². The molecule has 0 aromatic heterocycles. The van der Waals surface area contributed by atoms with Crippen molar-refractivity contribution in [2.24, 2.45) is 17.4 Å². The van der Waals surface area contributed by atoms with Crippen molar-refractivity contribution in [3.63, 3.8) is 0 Å². The van der Waals surface area contributed by atoms with Crippen LogP contribution in [0.4, 0.5) is 4.39 Å². The Bertz CT molecular complexity index is 400. The van der Waals surface area contributed by atoms with Gasteiger partial charge in [0.15, 0.2) is 6.67 Å². The molecule has 126 valence electrons. The molecule has 0 aromatic carbocycles. The fourth-order valence-corrected chi connectivity index (χ4v) is 2.64. The summed E-state index contributed by atoms with van der Waals surface area (Å²) in [6.45, 7) is -1.43. The van der Waals surface area contributed by atoms with Crippen LogP contribution in [-0.4, -0.2) is 42.0 Å². The zero-order valence-corrected chi connectivity index (χ0v) is 12.7. The summed E-state index contributed by atoms with van der Waals surface area (Å²) in [5, 5.41) is 0.772. The monoisotopic (exact) mass is 316 g/mol. The van der Waals surface area contributed by atoms with Gasteiger partial charge in [0.25, 0.3) is 11.8 Å². The molecule has 1 aliphatic carbocycles. The number of alkyl halides is 1. The van der Waals surface area contributed by atoms with Crippen molar-refractivity contribution in [2.75, 3.05) is 13.2 Å². The summed E-state index contributed by atoms with van der Waals surface area (Å²) in [6, 6.07) is -0.758. The molecule has 1 atom stereocenters. The van der Waals surface area contributed by atoms with Gasteiger partial charge in [-0.2, -0.15) is 0 Å². The number of carbonyl (C=O) groups is 3. The number of hydrogen-bond donors (Lipinski definition) is 3. The molecule has 0 aliphatic heterocycles. The van der Waals surface area contributed by atoms with E-state index >= 15 is 0 Å². The average Bonchev–Trinajstić information content (AvgIpc) is 2.51. The number of carbonyl (C=O) groups excluding carboxylic acids is 3. The van der Waals surface area contributed by atoms with E-state index in [4.69, 9.17) is 11.5 Å². The Morgan fingerprint density at radius 2 is 1.86 bits per heavy atom. The molecular weight excluding hydrogens is 291 g/mol. The van der Waals surface area contributed by atoms with E-state index in [1.807, 2.05) is 0 Å². The number of nitrogens with two attached hydrogens (primary N) is 2. The maximum absolute atomic E-state index is 12.5. The Labute approximate surface area is 129 Å². The summed E-state index contributed by atoms with van der Waals surface area (Å²) >= 11 is 0. The summed E-state index contributed by atoms with van der Waals surface area (Å²) in [4.78, 5) is 34.2. The van der Waals surface area contributed by atoms with Gasteiger partial charge in [0.05, 0.1) is 12.6 Å². The van der Waals surface area contributed by atoms with Crippen molar-refractivity contribution in [3.05, 3.63) is 0 Å². The summed E-state index contributed by atoms with van der Waals surface area (Å²) in [5.74, 6) is -1.71. The first-order valence-electron chi connectivity index (χ1n) is 7.64. The van der Waals surface area contributed by atoms with Gasteiger partial charge in [0, 0.05) is 6.42 Å². The molecule has 1 saturated carbocycles. The molecule has 0 saturated heterocycles. The molecule has 0 spiro atoms. The Hall–Kier alpha value is -1.70. The van der Waals surface area contributed by atoms with Gasteiger partial charge >= 0.3 is 0 Å². The van der Waals surface area contributed by atoms with E-state index in [1.54, 1.807) is 0 Å². The maximum atomic E-state index is 12.5. The van der Waals surface area contributed by atoms with E-state index in [2.05, 4.69) is 5.43 Å². The molecule has 1 fully saturated rings. The first kappa shape index (κ1) is 18.3. The van der Waals surface area contributed by atoms with Gasteiger partial charge in [0.2, 0.25) is 5.91 Å². The lowest BCUT2D eigenvalue weighted by Gasteiger charge is -2.27. The number of rotatable bonds is 7. The third-order valence-corrected chi connectivity index (χ3v) is 3.89. The SMILES string of the molecule is NC(=O)CCN(NC(=O)C(N)CC1CCCCC1)C(=O)CF. The van der Waals surface area contributed by atoms with E-state index < -0.39 is 30.4 Å². The van der Waals surface area contributed by atoms with Gasteiger partial charge < -0.3 is 11.5 Å². The number of hydrogen-bond acceptors (Lipinski definition) is 4. The van der Waals surface area contributed by atoms with Crippen LogP contribution in [-0.2, 0) is 14.4 Å². The zero-order chi connectivity index (χ0) is 16.5. The standard InChI is InChI=1S/C14H25FN4O3/c15-9-13(21)19(7-6-12(17)20)18-14(22)11(16)8-10-4-2-1-3-5-10/h10-11H,1-9,16H2,(H2,17,20)(H,18,22). The topological polar surface area (TPSA) is 119 Å². The van der Waals surface area contributed by atoms with Crippen molar-refractivity contribution >= 4 is 17.7 Å². The molecule has 1 unspecified atom stereocenters. The molecule has 1 aliphatic rings. The highest BCUT2D eigenvalue weighted by Gasteiger charge is 2.24. The van der Waals surface area contributed by atoms with Gasteiger partial charge in [-0.25, -0.2) is 4.39 Å². The van der Waals surface area contributed by atoms with Crippen LogP contribution in [0.2, 0.25) is 0 Å². The lowest BCUT2D eigenvalue weighted by Crippen LogP contribution is -2.53. The van der Waals surface area contributed by atoms with Crippen LogP contribution >= 0.6 is 0 Å². The predicted octanol–water partition coefficient (Wildman–Crippen LogP) is -0.0112. The number of primary amides is 1. The highest BCUT2D eigenvalue weighted by Crippen LogP contribution is 2.26. The summed E-state index contributed by atoms with van der Waals surface area (Å²) in [5.41, 5.74) is 13.1. The maximum Gasteiger partial charge on any atom is 0.272 e. The second-order valence-corrected chi connectivity index (χ2v) is 5.72. The average molecular weight is 316 g/mol. The highest BCUT2D eigenvalue weighted by atomic mass is 19.1. The number of nitrogens with one attached hydrogen (secondary N) is 1. The second kappa shape index (κ2) is 9.34. The molecule has 0 bridgehead atoms. The number of nitrogens with zero attached hydrogens (tertiary/aromatic N) is 1. The molecule has 0 radical (unpaired) electrons. The van der Waals surface area contributed by atoms with Gasteiger partial charge in [-0.3, -0.25) is 24.8 Å². The van der Waals surface area contributed by atoms with Gasteiger partial charge in [-0.05, 0) is 12.3 Å². The zero-order valence-electron chi connectivity index (χ0n) is 12.7. The van der Waals surface area contributed by atoms with Gasteiger partial charge in [-0.15, -0.1) is 0 Å². The molecule has 7 nitrogen and oxygen atoms in total. The molecule has 22 heavy (non-hydrogen) atoms. The molecule has 5 N–H and O–H groups in total. The fourth-order valence-electron chi connectivity index (χ4n) is 2.64. The van der Waals surface area contributed by atoms with Gasteiger partial charge in [-0.1, -0.05) is 32.1 Å². The Morgan fingerprint density at radius 3 is 2.41 bits per heavy atom. The van der Waals surface area contributed by atoms with Crippen molar-refractivity contribution < 1.29 is 18.8 Å². The Morgan fingerprint density at radius 1 is 1.23 bits per heavy atom. The number of hydrazine groups is 1.